The number of hydrogen-bond acceptors (Lipinski definition) is 5. The van der Waals surface area contributed by atoms with Crippen LogP contribution in [0, 0.1) is 17.8 Å². The van der Waals surface area contributed by atoms with Gasteiger partial charge in [0.15, 0.2) is 0 Å². The van der Waals surface area contributed by atoms with Crippen molar-refractivity contribution in [2.45, 2.75) is 66.3 Å². The van der Waals surface area contributed by atoms with Crippen molar-refractivity contribution in [2.75, 3.05) is 20.3 Å². The Bertz CT molecular complexity index is 1660. The largest absolute Gasteiger partial charge is 0.490 e. The van der Waals surface area contributed by atoms with Gasteiger partial charge in [0.2, 0.25) is 0 Å². The van der Waals surface area contributed by atoms with Crippen molar-refractivity contribution < 1.29 is 28.4 Å². The van der Waals surface area contributed by atoms with Crippen molar-refractivity contribution >= 4 is 11.9 Å². The third-order valence-corrected chi connectivity index (χ3v) is 9.08. The lowest BCUT2D eigenvalue weighted by Crippen LogP contribution is -2.39. The molecule has 3 aromatic carbocycles. The van der Waals surface area contributed by atoms with E-state index in [-0.39, 0.29) is 31.1 Å². The Morgan fingerprint density at radius 3 is 2.42 bits per heavy atom. The highest BCUT2D eigenvalue weighted by Gasteiger charge is 2.44. The molecule has 236 valence electrons. The first-order chi connectivity index (χ1) is 21.5. The molecule has 45 heavy (non-hydrogen) atoms. The molecule has 4 aromatic rings. The average molecular weight is 610 g/mol. The van der Waals surface area contributed by atoms with Gasteiger partial charge in [-0.25, -0.2) is 4.57 Å². The van der Waals surface area contributed by atoms with Gasteiger partial charge in [-0.2, -0.15) is 4.57 Å². The van der Waals surface area contributed by atoms with Crippen LogP contribution in [-0.2, 0) is 25.6 Å². The summed E-state index contributed by atoms with van der Waals surface area (Å²) in [4.78, 5) is 26.2. The molecule has 7 heteroatoms. The molecule has 0 saturated carbocycles. The van der Waals surface area contributed by atoms with Crippen LogP contribution in [0.1, 0.15) is 69.6 Å². The van der Waals surface area contributed by atoms with E-state index in [1.165, 1.54) is 29.4 Å². The predicted octanol–water partition coefficient (Wildman–Crippen LogP) is 7.20. The zero-order chi connectivity index (χ0) is 32.2. The fourth-order valence-electron chi connectivity index (χ4n) is 6.60. The van der Waals surface area contributed by atoms with Gasteiger partial charge in [0, 0.05) is 5.56 Å². The molecule has 1 aliphatic heterocycles. The molecular formula is C38H45N2O5+. The van der Waals surface area contributed by atoms with Crippen molar-refractivity contribution in [1.82, 2.24) is 4.57 Å². The molecule has 0 aliphatic carbocycles. The van der Waals surface area contributed by atoms with Crippen LogP contribution in [-0.4, -0.2) is 36.8 Å². The van der Waals surface area contributed by atoms with Crippen LogP contribution in [0.2, 0.25) is 0 Å². The number of para-hydroxylation sites is 1. The molecule has 2 atom stereocenters. The van der Waals surface area contributed by atoms with Gasteiger partial charge in [0.1, 0.15) is 43.6 Å². The number of rotatable bonds is 13. The highest BCUT2D eigenvalue weighted by atomic mass is 16.6. The number of ether oxygens (including phenoxy) is 3. The summed E-state index contributed by atoms with van der Waals surface area (Å²) in [6.45, 7) is 10.9. The molecule has 0 amide bonds. The minimum atomic E-state index is -0.867. The first-order valence-electron chi connectivity index (χ1n) is 15.8. The second-order valence-electron chi connectivity index (χ2n) is 13.2. The van der Waals surface area contributed by atoms with Gasteiger partial charge in [-0.3, -0.25) is 9.59 Å². The van der Waals surface area contributed by atoms with E-state index in [1.807, 2.05) is 45.0 Å². The lowest BCUT2D eigenvalue weighted by molar-refractivity contribution is -0.671. The maximum atomic E-state index is 13.6. The molecule has 0 radical (unpaired) electrons. The van der Waals surface area contributed by atoms with Crippen LogP contribution in [0.5, 0.6) is 5.75 Å². The molecule has 0 bridgehead atoms. The molecule has 1 aliphatic rings. The number of methoxy groups -OCH3 is 1. The summed E-state index contributed by atoms with van der Waals surface area (Å²) in [5, 5.41) is 0. The van der Waals surface area contributed by atoms with Crippen LogP contribution in [0.3, 0.4) is 0 Å². The van der Waals surface area contributed by atoms with E-state index in [0.717, 1.165) is 30.2 Å². The SMILES string of the molecule is COC(=O)C(C)(C)CC(C)(CCC(C)c1ccccc1)C(=O)OCCOc1ccc2c(c1)C[n+]1ccn(-c3ccccc3C)c1-2. The number of imidazole rings is 1. The Morgan fingerprint density at radius 2 is 1.69 bits per heavy atom. The van der Waals surface area contributed by atoms with Crippen LogP contribution >= 0.6 is 0 Å². The first kappa shape index (κ1) is 32.0. The number of hydrogen-bond donors (Lipinski definition) is 0. The predicted molar refractivity (Wildman–Crippen MR) is 174 cm³/mol. The van der Waals surface area contributed by atoms with E-state index in [2.05, 4.69) is 83.9 Å². The summed E-state index contributed by atoms with van der Waals surface area (Å²) in [5.41, 5.74) is 4.27. The Hall–Kier alpha value is -4.39. The molecule has 0 spiro atoms. The number of benzene rings is 3. The normalized spacial score (nSPS) is 14.2. The number of nitrogens with zero attached hydrogens (tertiary/aromatic N) is 2. The van der Waals surface area contributed by atoms with Crippen LogP contribution in [0.25, 0.3) is 17.1 Å². The summed E-state index contributed by atoms with van der Waals surface area (Å²) >= 11 is 0. The number of fused-ring (bicyclic) bond motifs is 3. The highest BCUT2D eigenvalue weighted by molar-refractivity contribution is 5.80. The fourth-order valence-corrected chi connectivity index (χ4v) is 6.60. The molecular weight excluding hydrogens is 564 g/mol. The summed E-state index contributed by atoms with van der Waals surface area (Å²) in [6, 6.07) is 24.8. The molecule has 2 heterocycles. The number of esters is 2. The monoisotopic (exact) mass is 609 g/mol. The van der Waals surface area contributed by atoms with Gasteiger partial charge in [0.05, 0.1) is 23.5 Å². The number of aryl methyl sites for hydroxylation is 1. The van der Waals surface area contributed by atoms with Crippen molar-refractivity contribution in [3.05, 3.63) is 102 Å². The number of carbonyl (C=O) groups is 2. The molecule has 5 rings (SSSR count). The van der Waals surface area contributed by atoms with Crippen molar-refractivity contribution in [1.29, 1.82) is 0 Å². The van der Waals surface area contributed by atoms with E-state index in [0.29, 0.717) is 12.8 Å². The van der Waals surface area contributed by atoms with Crippen LogP contribution in [0.15, 0.2) is 85.2 Å². The van der Waals surface area contributed by atoms with Gasteiger partial charge < -0.3 is 14.2 Å². The van der Waals surface area contributed by atoms with E-state index >= 15 is 0 Å². The first-order valence-corrected chi connectivity index (χ1v) is 15.8. The van der Waals surface area contributed by atoms with E-state index in [4.69, 9.17) is 14.2 Å². The Kier molecular flexibility index (Phi) is 9.47. The van der Waals surface area contributed by atoms with Crippen molar-refractivity contribution in [3.63, 3.8) is 0 Å². The number of aromatic nitrogens is 2. The van der Waals surface area contributed by atoms with Gasteiger partial charge in [-0.05, 0) is 88.3 Å². The van der Waals surface area contributed by atoms with Gasteiger partial charge in [0.25, 0.3) is 5.82 Å². The van der Waals surface area contributed by atoms with Gasteiger partial charge in [-0.1, -0.05) is 55.5 Å². The lowest BCUT2D eigenvalue weighted by atomic mass is 9.70. The Morgan fingerprint density at radius 1 is 0.956 bits per heavy atom. The summed E-state index contributed by atoms with van der Waals surface area (Å²) in [6.07, 6.45) is 5.91. The zero-order valence-electron chi connectivity index (χ0n) is 27.3. The van der Waals surface area contributed by atoms with Crippen molar-refractivity contribution in [3.8, 4) is 22.8 Å². The Balaban J connectivity index is 1.21. The maximum Gasteiger partial charge on any atom is 0.311 e. The topological polar surface area (TPSA) is 70.6 Å². The second kappa shape index (κ2) is 13.3. The molecule has 1 aromatic heterocycles. The molecule has 2 unspecified atom stereocenters. The van der Waals surface area contributed by atoms with Gasteiger partial charge in [-0.15, -0.1) is 0 Å². The lowest BCUT2D eigenvalue weighted by Gasteiger charge is -2.35. The third kappa shape index (κ3) is 6.98. The summed E-state index contributed by atoms with van der Waals surface area (Å²) in [7, 11) is 1.38. The average Bonchev–Trinajstić information content (AvgIpc) is 3.61. The molecule has 0 saturated heterocycles. The quantitative estimate of drug-likeness (QED) is 0.0802. The second-order valence-corrected chi connectivity index (χ2v) is 13.2. The van der Waals surface area contributed by atoms with E-state index < -0.39 is 10.8 Å². The molecule has 7 nitrogen and oxygen atoms in total. The minimum Gasteiger partial charge on any atom is -0.490 e. The van der Waals surface area contributed by atoms with E-state index in [9.17, 15) is 9.59 Å². The van der Waals surface area contributed by atoms with Crippen LogP contribution < -0.4 is 9.30 Å². The Labute approximate surface area is 266 Å². The maximum absolute atomic E-state index is 13.6. The zero-order valence-corrected chi connectivity index (χ0v) is 27.3. The summed E-state index contributed by atoms with van der Waals surface area (Å²) in [5.74, 6) is 1.49. The third-order valence-electron chi connectivity index (χ3n) is 9.08. The minimum absolute atomic E-state index is 0.117. The summed E-state index contributed by atoms with van der Waals surface area (Å²) < 4.78 is 21.4. The number of carbonyl (C=O) groups excluding carboxylic acids is 2. The standard InChI is InChI=1S/C38H45N2O5/c1-27(29-13-8-7-9-14-29)18-19-38(5,26-37(3,4)35(41)43-6)36(42)45-23-22-44-31-16-17-32-30(24-31)25-39-20-21-40(34(32)39)33-15-11-10-12-28(33)2/h7-17,20-21,24,27H,18-19,22-23,25-26H2,1-6H3/q+1. The smallest absolute Gasteiger partial charge is 0.311 e. The highest BCUT2D eigenvalue weighted by Crippen LogP contribution is 2.41. The van der Waals surface area contributed by atoms with Gasteiger partial charge >= 0.3 is 11.9 Å². The van der Waals surface area contributed by atoms with Crippen LogP contribution in [0.4, 0.5) is 0 Å². The molecule has 0 fully saturated rings. The van der Waals surface area contributed by atoms with Crippen molar-refractivity contribution in [2.24, 2.45) is 10.8 Å². The van der Waals surface area contributed by atoms with E-state index in [1.54, 1.807) is 0 Å². The fraction of sp³-hybridized carbons (Fsp3) is 0.395. The molecule has 0 N–H and O–H groups in total.